The molecule has 4 nitrogen and oxygen atoms in total. The van der Waals surface area contributed by atoms with Crippen molar-refractivity contribution >= 4 is 17.3 Å². The molecule has 1 aliphatic rings. The molecule has 2 N–H and O–H groups in total. The number of thiophene rings is 1. The molecular weight excluding hydrogens is 236 g/mol. The highest BCUT2D eigenvalue weighted by atomic mass is 32.1. The second kappa shape index (κ2) is 5.30. The van der Waals surface area contributed by atoms with Crippen molar-refractivity contribution in [3.63, 3.8) is 0 Å². The number of carbonyl (C=O) groups is 1. The third-order valence-corrected chi connectivity index (χ3v) is 4.06. The zero-order valence-corrected chi connectivity index (χ0v) is 10.2. The van der Waals surface area contributed by atoms with Gasteiger partial charge >= 0.3 is 5.97 Å². The van der Waals surface area contributed by atoms with Gasteiger partial charge in [-0.1, -0.05) is 6.42 Å². The average molecular weight is 250 g/mol. The molecule has 0 bridgehead atoms. The maximum absolute atomic E-state index is 10.7. The predicted octanol–water partition coefficient (Wildman–Crippen LogP) is 2.23. The number of rotatable bonds is 4. The third-order valence-electron chi connectivity index (χ3n) is 3.12. The zero-order valence-electron chi connectivity index (χ0n) is 9.35. The summed E-state index contributed by atoms with van der Waals surface area (Å²) in [4.78, 5) is 11.7. The largest absolute Gasteiger partial charge is 0.478 e. The van der Waals surface area contributed by atoms with Crippen LogP contribution in [0, 0.1) is 17.2 Å². The highest BCUT2D eigenvalue weighted by Crippen LogP contribution is 2.25. The van der Waals surface area contributed by atoms with Crippen LogP contribution in [0.1, 0.15) is 34.5 Å². The summed E-state index contributed by atoms with van der Waals surface area (Å²) in [5, 5.41) is 22.7. The van der Waals surface area contributed by atoms with Gasteiger partial charge in [-0.25, -0.2) is 4.79 Å². The van der Waals surface area contributed by atoms with Crippen molar-refractivity contribution in [3.05, 3.63) is 21.9 Å². The topological polar surface area (TPSA) is 73.1 Å². The SMILES string of the molecule is N#CC1CCCC1NCc1cc(C(=O)O)cs1. The summed E-state index contributed by atoms with van der Waals surface area (Å²) in [6.45, 7) is 0.654. The van der Waals surface area contributed by atoms with Crippen LogP contribution in [0.25, 0.3) is 0 Å². The fraction of sp³-hybridized carbons (Fsp3) is 0.500. The lowest BCUT2D eigenvalue weighted by atomic mass is 10.1. The lowest BCUT2D eigenvalue weighted by Crippen LogP contribution is -2.30. The molecule has 2 unspecified atom stereocenters. The lowest BCUT2D eigenvalue weighted by molar-refractivity contribution is 0.0697. The first kappa shape index (κ1) is 12.1. The molecule has 0 aromatic carbocycles. The maximum Gasteiger partial charge on any atom is 0.336 e. The Labute approximate surface area is 104 Å². The van der Waals surface area contributed by atoms with Gasteiger partial charge in [0.05, 0.1) is 17.6 Å². The first-order chi connectivity index (χ1) is 8.20. The Morgan fingerprint density at radius 3 is 3.12 bits per heavy atom. The predicted molar refractivity (Wildman–Crippen MR) is 64.9 cm³/mol. The van der Waals surface area contributed by atoms with Crippen LogP contribution in [0.2, 0.25) is 0 Å². The van der Waals surface area contributed by atoms with E-state index in [1.165, 1.54) is 11.3 Å². The molecule has 0 radical (unpaired) electrons. The molecule has 1 heterocycles. The van der Waals surface area contributed by atoms with Crippen molar-refractivity contribution in [2.75, 3.05) is 0 Å². The van der Waals surface area contributed by atoms with Crippen LogP contribution in [0.4, 0.5) is 0 Å². The Balaban J connectivity index is 1.89. The summed E-state index contributed by atoms with van der Waals surface area (Å²) in [5.41, 5.74) is 0.343. The Kier molecular flexibility index (Phi) is 3.77. The van der Waals surface area contributed by atoms with Gasteiger partial charge in [-0.05, 0) is 18.9 Å². The fourth-order valence-corrected chi connectivity index (χ4v) is 2.98. The summed E-state index contributed by atoms with van der Waals surface area (Å²) >= 11 is 1.44. The van der Waals surface area contributed by atoms with Gasteiger partial charge in [0.2, 0.25) is 0 Å². The van der Waals surface area contributed by atoms with Gasteiger partial charge in [0, 0.05) is 22.8 Å². The fourth-order valence-electron chi connectivity index (χ4n) is 2.18. The number of nitriles is 1. The van der Waals surface area contributed by atoms with E-state index in [-0.39, 0.29) is 12.0 Å². The molecule has 1 fully saturated rings. The molecule has 5 heteroatoms. The Bertz CT molecular complexity index is 450. The first-order valence-corrected chi connectivity index (χ1v) is 6.52. The molecule has 2 rings (SSSR count). The van der Waals surface area contributed by atoms with E-state index in [0.29, 0.717) is 12.1 Å². The van der Waals surface area contributed by atoms with E-state index in [2.05, 4.69) is 11.4 Å². The summed E-state index contributed by atoms with van der Waals surface area (Å²) in [6, 6.07) is 4.27. The van der Waals surface area contributed by atoms with Crippen LogP contribution in [-0.4, -0.2) is 17.1 Å². The highest BCUT2D eigenvalue weighted by molar-refractivity contribution is 7.10. The third kappa shape index (κ3) is 2.84. The van der Waals surface area contributed by atoms with Gasteiger partial charge in [0.15, 0.2) is 0 Å². The highest BCUT2D eigenvalue weighted by Gasteiger charge is 2.26. The van der Waals surface area contributed by atoms with Gasteiger partial charge in [-0.3, -0.25) is 0 Å². The molecule has 0 saturated heterocycles. The average Bonchev–Trinajstić information content (AvgIpc) is 2.95. The van der Waals surface area contributed by atoms with Gasteiger partial charge in [-0.15, -0.1) is 11.3 Å². The molecule has 0 amide bonds. The zero-order chi connectivity index (χ0) is 12.3. The molecule has 0 aliphatic heterocycles. The van der Waals surface area contributed by atoms with E-state index in [0.717, 1.165) is 24.1 Å². The van der Waals surface area contributed by atoms with E-state index in [9.17, 15) is 4.79 Å². The number of hydrogen-bond acceptors (Lipinski definition) is 4. The first-order valence-electron chi connectivity index (χ1n) is 5.64. The number of carboxylic acid groups (broad SMARTS) is 1. The van der Waals surface area contributed by atoms with E-state index < -0.39 is 5.97 Å². The van der Waals surface area contributed by atoms with Crippen molar-refractivity contribution in [1.82, 2.24) is 5.32 Å². The minimum absolute atomic E-state index is 0.105. The summed E-state index contributed by atoms with van der Waals surface area (Å²) < 4.78 is 0. The molecule has 17 heavy (non-hydrogen) atoms. The summed E-state index contributed by atoms with van der Waals surface area (Å²) in [5.74, 6) is -0.780. The number of aromatic carboxylic acids is 1. The monoisotopic (exact) mass is 250 g/mol. The molecule has 0 spiro atoms. The van der Waals surface area contributed by atoms with Gasteiger partial charge in [0.25, 0.3) is 0 Å². The number of hydrogen-bond donors (Lipinski definition) is 2. The quantitative estimate of drug-likeness (QED) is 0.859. The lowest BCUT2D eigenvalue weighted by Gasteiger charge is -2.14. The number of nitrogens with zero attached hydrogens (tertiary/aromatic N) is 1. The van der Waals surface area contributed by atoms with Crippen LogP contribution >= 0.6 is 11.3 Å². The number of carboxylic acids is 1. The van der Waals surface area contributed by atoms with E-state index in [1.807, 2.05) is 0 Å². The normalized spacial score (nSPS) is 23.5. The van der Waals surface area contributed by atoms with Crippen molar-refractivity contribution in [2.45, 2.75) is 31.8 Å². The van der Waals surface area contributed by atoms with Crippen LogP contribution in [0.3, 0.4) is 0 Å². The summed E-state index contributed by atoms with van der Waals surface area (Å²) in [7, 11) is 0. The minimum atomic E-state index is -0.886. The minimum Gasteiger partial charge on any atom is -0.478 e. The van der Waals surface area contributed by atoms with Gasteiger partial charge in [0.1, 0.15) is 0 Å². The molecular formula is C12H14N2O2S. The van der Waals surface area contributed by atoms with Gasteiger partial charge < -0.3 is 10.4 Å². The molecule has 2 atom stereocenters. The molecule has 1 aromatic heterocycles. The standard InChI is InChI=1S/C12H14N2O2S/c13-5-8-2-1-3-11(8)14-6-10-4-9(7-17-10)12(15)16/h4,7-8,11,14H,1-3,6H2,(H,15,16). The second-order valence-electron chi connectivity index (χ2n) is 4.26. The van der Waals surface area contributed by atoms with Crippen LogP contribution in [0.5, 0.6) is 0 Å². The summed E-state index contributed by atoms with van der Waals surface area (Å²) in [6.07, 6.45) is 3.11. The van der Waals surface area contributed by atoms with Gasteiger partial charge in [-0.2, -0.15) is 5.26 Å². The van der Waals surface area contributed by atoms with Crippen LogP contribution < -0.4 is 5.32 Å². The molecule has 90 valence electrons. The molecule has 1 saturated carbocycles. The van der Waals surface area contributed by atoms with Crippen LogP contribution in [0.15, 0.2) is 11.4 Å². The van der Waals surface area contributed by atoms with Crippen molar-refractivity contribution in [1.29, 1.82) is 5.26 Å². The molecule has 1 aliphatic carbocycles. The molecule has 1 aromatic rings. The van der Waals surface area contributed by atoms with Crippen molar-refractivity contribution in [2.24, 2.45) is 5.92 Å². The Morgan fingerprint density at radius 1 is 1.65 bits per heavy atom. The Hall–Kier alpha value is -1.38. The maximum atomic E-state index is 10.7. The van der Waals surface area contributed by atoms with Crippen LogP contribution in [-0.2, 0) is 6.54 Å². The Morgan fingerprint density at radius 2 is 2.47 bits per heavy atom. The van der Waals surface area contributed by atoms with E-state index in [4.69, 9.17) is 10.4 Å². The smallest absolute Gasteiger partial charge is 0.336 e. The van der Waals surface area contributed by atoms with E-state index in [1.54, 1.807) is 11.4 Å². The van der Waals surface area contributed by atoms with Crippen molar-refractivity contribution in [3.8, 4) is 6.07 Å². The second-order valence-corrected chi connectivity index (χ2v) is 5.26. The van der Waals surface area contributed by atoms with Crippen molar-refractivity contribution < 1.29 is 9.90 Å². The number of nitrogens with one attached hydrogen (secondary N) is 1. The van der Waals surface area contributed by atoms with E-state index >= 15 is 0 Å².